The topological polar surface area (TPSA) is 104 Å². The molecular formula is C17H24N2O5S. The third-order valence-electron chi connectivity index (χ3n) is 4.81. The van der Waals surface area contributed by atoms with Gasteiger partial charge in [0.05, 0.1) is 11.2 Å². The maximum Gasteiger partial charge on any atom is 0.325 e. The number of carboxylic acid groups (broad SMARTS) is 1. The first kappa shape index (κ1) is 19.4. The Balaban J connectivity index is 2.31. The number of rotatable bonds is 6. The van der Waals surface area contributed by atoms with Crippen LogP contribution in [-0.2, 0) is 25.0 Å². The second kappa shape index (κ2) is 7.53. The number of carboxylic acids is 1. The minimum Gasteiger partial charge on any atom is -0.480 e. The highest BCUT2D eigenvalue weighted by Crippen LogP contribution is 2.36. The molecule has 2 N–H and O–H groups in total. The normalized spacial score (nSPS) is 19.1. The van der Waals surface area contributed by atoms with Crippen LogP contribution in [0.1, 0.15) is 32.3 Å². The quantitative estimate of drug-likeness (QED) is 0.778. The molecule has 1 heterocycles. The van der Waals surface area contributed by atoms with Crippen molar-refractivity contribution in [3.8, 4) is 0 Å². The van der Waals surface area contributed by atoms with Gasteiger partial charge in [0.1, 0.15) is 6.04 Å². The van der Waals surface area contributed by atoms with Crippen LogP contribution in [0.25, 0.3) is 0 Å². The van der Waals surface area contributed by atoms with Crippen LogP contribution in [0.5, 0.6) is 0 Å². The van der Waals surface area contributed by atoms with Crippen molar-refractivity contribution in [2.24, 2.45) is 0 Å². The molecule has 0 saturated carbocycles. The summed E-state index contributed by atoms with van der Waals surface area (Å²) in [6.07, 6.45) is 0.628. The van der Waals surface area contributed by atoms with E-state index < -0.39 is 27.4 Å². The van der Waals surface area contributed by atoms with Gasteiger partial charge in [0, 0.05) is 13.1 Å². The highest BCUT2D eigenvalue weighted by atomic mass is 32.2. The maximum atomic E-state index is 12.9. The summed E-state index contributed by atoms with van der Waals surface area (Å²) in [6, 6.07) is 8.13. The standard InChI is InChI=1S/C17H24N2O5S/c1-3-25(23,24)19-11-9-17(10-12-19,14-7-5-4-6-8-14)16(22)18-13(2)15(20)21/h4-8,13H,3,9-12H2,1-2H3,(H,18,22)(H,20,21)/t13-/m1/s1. The second-order valence-electron chi connectivity index (χ2n) is 6.28. The summed E-state index contributed by atoms with van der Waals surface area (Å²) in [7, 11) is -3.31. The van der Waals surface area contributed by atoms with E-state index in [4.69, 9.17) is 5.11 Å². The molecule has 1 fully saturated rings. The first-order chi connectivity index (χ1) is 11.7. The number of nitrogens with zero attached hydrogens (tertiary/aromatic N) is 1. The third-order valence-corrected chi connectivity index (χ3v) is 6.69. The van der Waals surface area contributed by atoms with E-state index in [-0.39, 0.29) is 24.7 Å². The van der Waals surface area contributed by atoms with E-state index in [0.29, 0.717) is 12.8 Å². The van der Waals surface area contributed by atoms with Crippen LogP contribution in [0.4, 0.5) is 0 Å². The number of amides is 1. The fourth-order valence-corrected chi connectivity index (χ4v) is 4.23. The molecule has 1 amide bonds. The maximum absolute atomic E-state index is 12.9. The molecular weight excluding hydrogens is 344 g/mol. The molecule has 138 valence electrons. The fourth-order valence-electron chi connectivity index (χ4n) is 3.13. The Hall–Kier alpha value is -1.93. The highest BCUT2D eigenvalue weighted by molar-refractivity contribution is 7.89. The van der Waals surface area contributed by atoms with Crippen molar-refractivity contribution >= 4 is 21.9 Å². The predicted octanol–water partition coefficient (Wildman–Crippen LogP) is 0.959. The fraction of sp³-hybridized carbons (Fsp3) is 0.529. The van der Waals surface area contributed by atoms with Crippen molar-refractivity contribution in [2.45, 2.75) is 38.1 Å². The summed E-state index contributed by atoms with van der Waals surface area (Å²) in [4.78, 5) is 24.0. The van der Waals surface area contributed by atoms with Crippen molar-refractivity contribution in [1.82, 2.24) is 9.62 Å². The predicted molar refractivity (Wildman–Crippen MR) is 93.6 cm³/mol. The number of aliphatic carboxylic acids is 1. The van der Waals surface area contributed by atoms with Crippen LogP contribution in [0.15, 0.2) is 30.3 Å². The van der Waals surface area contributed by atoms with Crippen LogP contribution in [0, 0.1) is 0 Å². The lowest BCUT2D eigenvalue weighted by Crippen LogP contribution is -2.55. The lowest BCUT2D eigenvalue weighted by atomic mass is 9.72. The van der Waals surface area contributed by atoms with Gasteiger partial charge in [0.15, 0.2) is 0 Å². The molecule has 1 aromatic carbocycles. The smallest absolute Gasteiger partial charge is 0.325 e. The third kappa shape index (κ3) is 4.01. The minimum absolute atomic E-state index is 0.0214. The average Bonchev–Trinajstić information content (AvgIpc) is 2.62. The van der Waals surface area contributed by atoms with E-state index in [1.165, 1.54) is 11.2 Å². The number of piperidine rings is 1. The summed E-state index contributed by atoms with van der Waals surface area (Å²) in [5, 5.41) is 11.6. The van der Waals surface area contributed by atoms with Crippen molar-refractivity contribution < 1.29 is 23.1 Å². The summed E-state index contributed by atoms with van der Waals surface area (Å²) < 4.78 is 25.6. The Kier molecular flexibility index (Phi) is 5.84. The molecule has 0 aromatic heterocycles. The van der Waals surface area contributed by atoms with Crippen LogP contribution in [0.3, 0.4) is 0 Å². The van der Waals surface area contributed by atoms with Crippen molar-refractivity contribution in [1.29, 1.82) is 0 Å². The molecule has 0 unspecified atom stereocenters. The molecule has 1 aliphatic rings. The number of nitrogens with one attached hydrogen (secondary N) is 1. The van der Waals surface area contributed by atoms with E-state index in [1.54, 1.807) is 6.92 Å². The number of carbonyl (C=O) groups is 2. The van der Waals surface area contributed by atoms with Gasteiger partial charge in [-0.3, -0.25) is 9.59 Å². The van der Waals surface area contributed by atoms with Gasteiger partial charge >= 0.3 is 5.97 Å². The van der Waals surface area contributed by atoms with Crippen LogP contribution >= 0.6 is 0 Å². The average molecular weight is 368 g/mol. The van der Waals surface area contributed by atoms with Gasteiger partial charge in [0.2, 0.25) is 15.9 Å². The molecule has 8 heteroatoms. The first-order valence-electron chi connectivity index (χ1n) is 8.30. The zero-order chi connectivity index (χ0) is 18.7. The highest BCUT2D eigenvalue weighted by Gasteiger charge is 2.45. The molecule has 7 nitrogen and oxygen atoms in total. The van der Waals surface area contributed by atoms with Gasteiger partial charge in [-0.1, -0.05) is 30.3 Å². The molecule has 2 rings (SSSR count). The van der Waals surface area contributed by atoms with E-state index >= 15 is 0 Å². The molecule has 0 spiro atoms. The second-order valence-corrected chi connectivity index (χ2v) is 8.54. The summed E-state index contributed by atoms with van der Waals surface area (Å²) >= 11 is 0. The van der Waals surface area contributed by atoms with Gasteiger partial charge in [-0.05, 0) is 32.3 Å². The monoisotopic (exact) mass is 368 g/mol. The number of carbonyl (C=O) groups excluding carboxylic acids is 1. The number of hydrogen-bond donors (Lipinski definition) is 2. The zero-order valence-corrected chi connectivity index (χ0v) is 15.3. The first-order valence-corrected chi connectivity index (χ1v) is 9.91. The van der Waals surface area contributed by atoms with Crippen LogP contribution in [0.2, 0.25) is 0 Å². The molecule has 25 heavy (non-hydrogen) atoms. The Labute approximate surface area is 148 Å². The molecule has 1 aliphatic heterocycles. The van der Waals surface area contributed by atoms with Crippen molar-refractivity contribution in [3.05, 3.63) is 35.9 Å². The molecule has 1 aromatic rings. The zero-order valence-electron chi connectivity index (χ0n) is 14.4. The molecule has 0 radical (unpaired) electrons. The summed E-state index contributed by atoms with van der Waals surface area (Å²) in [6.45, 7) is 3.48. The number of benzene rings is 1. The largest absolute Gasteiger partial charge is 0.480 e. The van der Waals surface area contributed by atoms with Gasteiger partial charge < -0.3 is 10.4 Å². The van der Waals surface area contributed by atoms with Crippen LogP contribution < -0.4 is 5.32 Å². The Morgan fingerprint density at radius 1 is 1.24 bits per heavy atom. The van der Waals surface area contributed by atoms with E-state index in [1.807, 2.05) is 30.3 Å². The van der Waals surface area contributed by atoms with Gasteiger partial charge in [0.25, 0.3) is 0 Å². The van der Waals surface area contributed by atoms with E-state index in [2.05, 4.69) is 5.32 Å². The van der Waals surface area contributed by atoms with Gasteiger partial charge in [-0.25, -0.2) is 12.7 Å². The van der Waals surface area contributed by atoms with Crippen molar-refractivity contribution in [3.63, 3.8) is 0 Å². The summed E-state index contributed by atoms with van der Waals surface area (Å²) in [5.41, 5.74) is -0.149. The molecule has 1 atom stereocenters. The van der Waals surface area contributed by atoms with Crippen molar-refractivity contribution in [2.75, 3.05) is 18.8 Å². The number of hydrogen-bond acceptors (Lipinski definition) is 4. The summed E-state index contributed by atoms with van der Waals surface area (Å²) in [5.74, 6) is -1.46. The number of sulfonamides is 1. The van der Waals surface area contributed by atoms with Gasteiger partial charge in [-0.2, -0.15) is 0 Å². The Bertz CT molecular complexity index is 725. The minimum atomic E-state index is -3.31. The van der Waals surface area contributed by atoms with E-state index in [9.17, 15) is 18.0 Å². The SMILES string of the molecule is CCS(=O)(=O)N1CCC(C(=O)N[C@H](C)C(=O)O)(c2ccccc2)CC1. The molecule has 1 saturated heterocycles. The van der Waals surface area contributed by atoms with E-state index in [0.717, 1.165) is 5.56 Å². The lowest BCUT2D eigenvalue weighted by Gasteiger charge is -2.40. The Morgan fingerprint density at radius 2 is 1.80 bits per heavy atom. The van der Waals surface area contributed by atoms with Gasteiger partial charge in [-0.15, -0.1) is 0 Å². The van der Waals surface area contributed by atoms with Crippen LogP contribution in [-0.4, -0.2) is 54.6 Å². The molecule has 0 aliphatic carbocycles. The molecule has 0 bridgehead atoms. The lowest BCUT2D eigenvalue weighted by molar-refractivity contribution is -0.142. The Morgan fingerprint density at radius 3 is 2.28 bits per heavy atom.